The average Bonchev–Trinajstić information content (AvgIpc) is 3.19. The SMILES string of the molecule is FC(F)(F)Oc1ccc(COc2cccc(N(C3CCC3)[N+]34C=CN=CC3=CN=C4)c2)cc1. The first-order valence-electron chi connectivity index (χ1n) is 10.6. The van der Waals surface area contributed by atoms with Crippen LogP contribution in [0.1, 0.15) is 24.8 Å². The summed E-state index contributed by atoms with van der Waals surface area (Å²) in [7, 11) is 0. The third kappa shape index (κ3) is 4.36. The van der Waals surface area contributed by atoms with Gasteiger partial charge in [-0.1, -0.05) is 18.2 Å². The Hall–Kier alpha value is -3.59. The molecule has 2 aromatic carbocycles. The van der Waals surface area contributed by atoms with Gasteiger partial charge in [-0.05, 0) is 49.1 Å². The number of anilines is 1. The van der Waals surface area contributed by atoms with Crippen molar-refractivity contribution in [2.75, 3.05) is 5.01 Å². The number of benzene rings is 2. The highest BCUT2D eigenvalue weighted by Gasteiger charge is 2.46. The lowest BCUT2D eigenvalue weighted by atomic mass is 9.91. The van der Waals surface area contributed by atoms with E-state index >= 15 is 0 Å². The predicted molar refractivity (Wildman–Crippen MR) is 118 cm³/mol. The Kier molecular flexibility index (Phi) is 5.41. The molecule has 2 aromatic rings. The van der Waals surface area contributed by atoms with E-state index in [1.807, 2.05) is 49.2 Å². The molecular weight excluding hydrogens is 433 g/mol. The Morgan fingerprint density at radius 3 is 2.58 bits per heavy atom. The van der Waals surface area contributed by atoms with Gasteiger partial charge in [0.2, 0.25) is 12.0 Å². The summed E-state index contributed by atoms with van der Waals surface area (Å²) < 4.78 is 47.3. The highest BCUT2D eigenvalue weighted by molar-refractivity contribution is 5.82. The molecule has 9 heteroatoms. The first-order chi connectivity index (χ1) is 15.9. The second kappa shape index (κ2) is 8.40. The molecule has 0 radical (unpaired) electrons. The van der Waals surface area contributed by atoms with E-state index in [1.54, 1.807) is 18.3 Å². The molecule has 0 aromatic heterocycles. The van der Waals surface area contributed by atoms with E-state index in [0.29, 0.717) is 16.4 Å². The van der Waals surface area contributed by atoms with Crippen molar-refractivity contribution in [3.8, 4) is 11.5 Å². The number of hydrogen-bond acceptors (Lipinski definition) is 5. The summed E-state index contributed by atoms with van der Waals surface area (Å²) in [6.07, 6.45) is 7.99. The number of fused-ring (bicyclic) bond motifs is 1. The van der Waals surface area contributed by atoms with E-state index in [-0.39, 0.29) is 12.4 Å². The van der Waals surface area contributed by atoms with Crippen molar-refractivity contribution in [1.82, 2.24) is 0 Å². The van der Waals surface area contributed by atoms with E-state index in [9.17, 15) is 13.2 Å². The summed E-state index contributed by atoms with van der Waals surface area (Å²) in [5, 5.41) is 2.32. The molecule has 33 heavy (non-hydrogen) atoms. The molecule has 1 aliphatic carbocycles. The van der Waals surface area contributed by atoms with E-state index in [4.69, 9.17) is 4.74 Å². The maximum absolute atomic E-state index is 12.3. The van der Waals surface area contributed by atoms with Gasteiger partial charge in [0.05, 0.1) is 30.3 Å². The lowest BCUT2D eigenvalue weighted by Crippen LogP contribution is -2.61. The van der Waals surface area contributed by atoms with Crippen molar-refractivity contribution in [3.05, 3.63) is 78.4 Å². The summed E-state index contributed by atoms with van der Waals surface area (Å²) in [6.45, 7) is 0.221. The van der Waals surface area contributed by atoms with Crippen LogP contribution in [-0.4, -0.2) is 29.5 Å². The molecule has 5 rings (SSSR count). The van der Waals surface area contributed by atoms with Crippen LogP contribution in [0.5, 0.6) is 11.5 Å². The van der Waals surface area contributed by atoms with Crippen LogP contribution in [0, 0.1) is 0 Å². The van der Waals surface area contributed by atoms with E-state index in [2.05, 4.69) is 19.7 Å². The monoisotopic (exact) mass is 455 g/mol. The normalized spacial score (nSPS) is 21.4. The van der Waals surface area contributed by atoms with Gasteiger partial charge in [0, 0.05) is 6.07 Å². The zero-order chi connectivity index (χ0) is 22.9. The van der Waals surface area contributed by atoms with E-state index in [1.165, 1.54) is 18.6 Å². The number of ether oxygens (including phenoxy) is 2. The molecule has 1 atom stereocenters. The number of hydrogen-bond donors (Lipinski definition) is 0. The molecule has 1 unspecified atom stereocenters. The van der Waals surface area contributed by atoms with Gasteiger partial charge in [0.1, 0.15) is 18.1 Å². The summed E-state index contributed by atoms with van der Waals surface area (Å²) >= 11 is 0. The van der Waals surface area contributed by atoms with Crippen LogP contribution in [-0.2, 0) is 6.61 Å². The molecule has 0 amide bonds. The maximum atomic E-state index is 12.3. The zero-order valence-corrected chi connectivity index (χ0v) is 17.7. The average molecular weight is 455 g/mol. The van der Waals surface area contributed by atoms with Crippen LogP contribution >= 0.6 is 0 Å². The van der Waals surface area contributed by atoms with Gasteiger partial charge < -0.3 is 9.47 Å². The summed E-state index contributed by atoms with van der Waals surface area (Å²) in [5.74, 6) is 0.412. The molecule has 6 nitrogen and oxygen atoms in total. The molecule has 1 fully saturated rings. The van der Waals surface area contributed by atoms with E-state index < -0.39 is 6.36 Å². The number of quaternary nitrogens is 1. The quantitative estimate of drug-likeness (QED) is 0.504. The number of alkyl halides is 3. The van der Waals surface area contributed by atoms with Crippen molar-refractivity contribution >= 4 is 18.2 Å². The lowest BCUT2D eigenvalue weighted by Gasteiger charge is -2.46. The molecule has 3 aliphatic rings. The third-order valence-electron chi connectivity index (χ3n) is 5.87. The molecule has 0 spiro atoms. The minimum absolute atomic E-state index is 0.221. The highest BCUT2D eigenvalue weighted by atomic mass is 19.4. The molecule has 0 N–H and O–H groups in total. The van der Waals surface area contributed by atoms with Gasteiger partial charge in [0.25, 0.3) is 0 Å². The molecule has 2 aliphatic heterocycles. The first-order valence-corrected chi connectivity index (χ1v) is 10.6. The number of aliphatic imine (C=N–C) groups is 2. The Morgan fingerprint density at radius 2 is 1.85 bits per heavy atom. The van der Waals surface area contributed by atoms with Gasteiger partial charge >= 0.3 is 6.36 Å². The van der Waals surface area contributed by atoms with Crippen LogP contribution in [0.2, 0.25) is 0 Å². The zero-order valence-electron chi connectivity index (χ0n) is 17.7. The van der Waals surface area contributed by atoms with Gasteiger partial charge in [-0.15, -0.1) is 17.8 Å². The van der Waals surface area contributed by atoms with E-state index in [0.717, 1.165) is 29.8 Å². The Bertz CT molecular complexity index is 1140. The second-order valence-corrected chi connectivity index (χ2v) is 8.04. The Balaban J connectivity index is 1.34. The number of rotatable bonds is 7. The van der Waals surface area contributed by atoms with Crippen molar-refractivity contribution in [1.29, 1.82) is 0 Å². The van der Waals surface area contributed by atoms with Crippen LogP contribution in [0.4, 0.5) is 18.9 Å². The standard InChI is InChI=1S/C24H22F3N4O2/c25-24(26,27)33-22-9-7-18(8-10-22)16-32-23-6-2-5-20(13-23)30(19-3-1-4-19)31-12-11-28-14-21(31)15-29-17-31/h2,5-15,17,19H,1,3-4,16H2/q+1. The molecule has 0 saturated heterocycles. The van der Waals surface area contributed by atoms with Gasteiger partial charge in [-0.25, -0.2) is 10.0 Å². The number of allylic oxidation sites excluding steroid dienone is 1. The molecule has 1 saturated carbocycles. The fourth-order valence-electron chi connectivity index (χ4n) is 4.11. The largest absolute Gasteiger partial charge is 0.573 e. The predicted octanol–water partition coefficient (Wildman–Crippen LogP) is 5.69. The van der Waals surface area contributed by atoms with Crippen LogP contribution in [0.15, 0.2) is 82.8 Å². The summed E-state index contributed by atoms with van der Waals surface area (Å²) in [6, 6.07) is 13.9. The minimum atomic E-state index is -4.71. The second-order valence-electron chi connectivity index (χ2n) is 8.04. The van der Waals surface area contributed by atoms with Gasteiger partial charge in [0.15, 0.2) is 6.20 Å². The fourth-order valence-corrected chi connectivity index (χ4v) is 4.11. The molecule has 170 valence electrons. The fraction of sp³-hybridized carbons (Fsp3) is 0.250. The van der Waals surface area contributed by atoms with Crippen molar-refractivity contribution < 1.29 is 27.2 Å². The summed E-state index contributed by atoms with van der Waals surface area (Å²) in [4.78, 5) is 8.66. The smallest absolute Gasteiger partial charge is 0.489 e. The van der Waals surface area contributed by atoms with Crippen molar-refractivity contribution in [2.45, 2.75) is 38.3 Å². The number of halogens is 3. The topological polar surface area (TPSA) is 46.4 Å². The van der Waals surface area contributed by atoms with Crippen molar-refractivity contribution in [2.24, 2.45) is 9.98 Å². The Labute approximate surface area is 189 Å². The van der Waals surface area contributed by atoms with Gasteiger partial charge in [-0.3, -0.25) is 4.99 Å². The van der Waals surface area contributed by atoms with Crippen LogP contribution in [0.3, 0.4) is 0 Å². The lowest BCUT2D eigenvalue weighted by molar-refractivity contribution is -0.746. The van der Waals surface area contributed by atoms with Crippen LogP contribution < -0.4 is 14.5 Å². The summed E-state index contributed by atoms with van der Waals surface area (Å²) in [5.41, 5.74) is 2.70. The van der Waals surface area contributed by atoms with Crippen molar-refractivity contribution in [3.63, 3.8) is 0 Å². The molecule has 2 heterocycles. The Morgan fingerprint density at radius 1 is 1.03 bits per heavy atom. The maximum Gasteiger partial charge on any atom is 0.573 e. The van der Waals surface area contributed by atoms with Crippen LogP contribution in [0.25, 0.3) is 0 Å². The molecule has 0 bridgehead atoms. The first kappa shape index (κ1) is 21.3. The molecular formula is C24H22F3N4O2+. The van der Waals surface area contributed by atoms with Gasteiger partial charge in [-0.2, -0.15) is 0 Å². The highest BCUT2D eigenvalue weighted by Crippen LogP contribution is 2.40. The minimum Gasteiger partial charge on any atom is -0.489 e. The third-order valence-corrected chi connectivity index (χ3v) is 5.87. The number of nitrogens with zero attached hydrogens (tertiary/aromatic N) is 4.